The Morgan fingerprint density at radius 2 is 1.26 bits per heavy atom. The zero-order valence-electron chi connectivity index (χ0n) is 23.4. The Labute approximate surface area is 249 Å². The van der Waals surface area contributed by atoms with Gasteiger partial charge >= 0.3 is 0 Å². The highest BCUT2D eigenvalue weighted by Crippen LogP contribution is 2.38. The van der Waals surface area contributed by atoms with E-state index in [0.717, 1.165) is 79.5 Å². The summed E-state index contributed by atoms with van der Waals surface area (Å²) in [6.07, 6.45) is 8.31. The number of benzene rings is 5. The van der Waals surface area contributed by atoms with E-state index in [1.807, 2.05) is 36.4 Å². The molecule has 0 atom stereocenters. The van der Waals surface area contributed by atoms with Crippen LogP contribution in [-0.4, -0.2) is 15.0 Å². The summed E-state index contributed by atoms with van der Waals surface area (Å²) in [5.74, 6) is 1.42. The predicted octanol–water partition coefficient (Wildman–Crippen LogP) is 10.2. The Kier molecular flexibility index (Phi) is 6.23. The molecular weight excluding hydrogens is 526 g/mol. The second kappa shape index (κ2) is 10.7. The minimum Gasteiger partial charge on any atom is -0.436 e. The summed E-state index contributed by atoms with van der Waals surface area (Å²) in [5, 5.41) is 2.29. The molecule has 0 unspecified atom stereocenters. The smallest absolute Gasteiger partial charge is 0.223 e. The normalized spacial score (nSPS) is 13.0. The molecule has 0 bridgehead atoms. The van der Waals surface area contributed by atoms with Gasteiger partial charge in [-0.3, -0.25) is 0 Å². The average molecular weight is 554 g/mol. The van der Waals surface area contributed by atoms with E-state index in [9.17, 15) is 0 Å². The maximum absolute atomic E-state index is 6.25. The maximum atomic E-state index is 6.25. The van der Waals surface area contributed by atoms with E-state index in [1.54, 1.807) is 0 Å². The van der Waals surface area contributed by atoms with E-state index < -0.39 is 0 Å². The molecule has 7 aromatic rings. The molecule has 2 heterocycles. The highest BCUT2D eigenvalue weighted by atomic mass is 16.3. The van der Waals surface area contributed by atoms with Gasteiger partial charge in [-0.15, -0.1) is 0 Å². The van der Waals surface area contributed by atoms with Gasteiger partial charge in [0.1, 0.15) is 5.52 Å². The van der Waals surface area contributed by atoms with Crippen molar-refractivity contribution in [3.63, 3.8) is 0 Å². The van der Waals surface area contributed by atoms with Gasteiger partial charge in [0.2, 0.25) is 5.89 Å². The lowest BCUT2D eigenvalue weighted by molar-refractivity contribution is 0.580. The zero-order chi connectivity index (χ0) is 28.6. The average Bonchev–Trinajstić information content (AvgIpc) is 3.52. The number of allylic oxidation sites excluding steroid dienone is 4. The van der Waals surface area contributed by atoms with Crippen LogP contribution in [0, 0.1) is 0 Å². The Morgan fingerprint density at radius 1 is 0.558 bits per heavy atom. The van der Waals surface area contributed by atoms with Crippen LogP contribution in [0.2, 0.25) is 0 Å². The largest absolute Gasteiger partial charge is 0.436 e. The molecule has 8 rings (SSSR count). The molecule has 43 heavy (non-hydrogen) atoms. The molecule has 0 radical (unpaired) electrons. The highest BCUT2D eigenvalue weighted by Gasteiger charge is 2.16. The van der Waals surface area contributed by atoms with Gasteiger partial charge in [-0.05, 0) is 52.9 Å². The van der Waals surface area contributed by atoms with Crippen molar-refractivity contribution in [2.75, 3.05) is 0 Å². The van der Waals surface area contributed by atoms with Gasteiger partial charge in [-0.1, -0.05) is 121 Å². The van der Waals surface area contributed by atoms with Crippen LogP contribution in [0.15, 0.2) is 144 Å². The van der Waals surface area contributed by atoms with E-state index in [4.69, 9.17) is 19.4 Å². The monoisotopic (exact) mass is 553 g/mol. The third kappa shape index (κ3) is 4.73. The van der Waals surface area contributed by atoms with Crippen molar-refractivity contribution >= 4 is 27.4 Å². The van der Waals surface area contributed by atoms with Gasteiger partial charge in [0.15, 0.2) is 11.4 Å². The van der Waals surface area contributed by atoms with Gasteiger partial charge in [-0.25, -0.2) is 15.0 Å². The van der Waals surface area contributed by atoms with E-state index in [1.165, 1.54) is 0 Å². The van der Waals surface area contributed by atoms with Crippen molar-refractivity contribution in [3.8, 4) is 45.0 Å². The molecule has 2 aromatic heterocycles. The molecule has 0 aliphatic heterocycles. The molecule has 0 fully saturated rings. The van der Waals surface area contributed by atoms with Crippen LogP contribution in [0.5, 0.6) is 0 Å². The molecular formula is C39H27N3O. The molecule has 0 N–H and O–H groups in total. The van der Waals surface area contributed by atoms with E-state index in [2.05, 4.69) is 103 Å². The SMILES string of the molecule is C1=CCCC(c2nc3ccc(-c4ccc(-c5cc(-c6ccccc6)nc(-c6ccccc6)n5)c5ccccc45)cc3o2)=C1. The molecule has 0 saturated heterocycles. The van der Waals surface area contributed by atoms with Crippen LogP contribution in [0.1, 0.15) is 18.7 Å². The summed E-state index contributed by atoms with van der Waals surface area (Å²) < 4.78 is 6.25. The molecule has 5 aromatic carbocycles. The van der Waals surface area contributed by atoms with E-state index >= 15 is 0 Å². The second-order valence-electron chi connectivity index (χ2n) is 10.8. The van der Waals surface area contributed by atoms with Crippen LogP contribution in [0.25, 0.3) is 72.5 Å². The first-order chi connectivity index (χ1) is 21.3. The first kappa shape index (κ1) is 25.1. The lowest BCUT2D eigenvalue weighted by atomic mass is 9.93. The van der Waals surface area contributed by atoms with Crippen LogP contribution in [-0.2, 0) is 0 Å². The fourth-order valence-electron chi connectivity index (χ4n) is 5.84. The van der Waals surface area contributed by atoms with E-state index in [-0.39, 0.29) is 0 Å². The Morgan fingerprint density at radius 3 is 2.02 bits per heavy atom. The second-order valence-corrected chi connectivity index (χ2v) is 10.8. The van der Waals surface area contributed by atoms with Crippen LogP contribution in [0.3, 0.4) is 0 Å². The fourth-order valence-corrected chi connectivity index (χ4v) is 5.84. The van der Waals surface area contributed by atoms with Crippen LogP contribution >= 0.6 is 0 Å². The van der Waals surface area contributed by atoms with Crippen LogP contribution < -0.4 is 0 Å². The first-order valence-electron chi connectivity index (χ1n) is 14.6. The first-order valence-corrected chi connectivity index (χ1v) is 14.6. The number of hydrogen-bond donors (Lipinski definition) is 0. The van der Waals surface area contributed by atoms with Crippen molar-refractivity contribution in [2.24, 2.45) is 0 Å². The summed E-state index contributed by atoms with van der Waals surface area (Å²) in [6.45, 7) is 0. The molecule has 0 saturated carbocycles. The van der Waals surface area contributed by atoms with Crippen molar-refractivity contribution in [2.45, 2.75) is 12.8 Å². The molecule has 204 valence electrons. The van der Waals surface area contributed by atoms with Crippen LogP contribution in [0.4, 0.5) is 0 Å². The minimum absolute atomic E-state index is 0.709. The number of oxazole rings is 1. The van der Waals surface area contributed by atoms with Crippen molar-refractivity contribution in [1.29, 1.82) is 0 Å². The summed E-state index contributed by atoms with van der Waals surface area (Å²) >= 11 is 0. The number of aromatic nitrogens is 3. The predicted molar refractivity (Wildman–Crippen MR) is 175 cm³/mol. The third-order valence-corrected chi connectivity index (χ3v) is 8.02. The van der Waals surface area contributed by atoms with Gasteiger partial charge in [-0.2, -0.15) is 0 Å². The molecule has 4 heteroatoms. The standard InChI is InChI=1S/C39H27N3O/c1-4-12-26(13-5-1)35-25-36(41-38(40-35)27-14-6-2-7-15-27)33-22-21-30(31-18-10-11-19-32(31)33)29-20-23-34-37(24-29)43-39(42-34)28-16-8-3-9-17-28/h1-8,10-16,18-25H,9,17H2. The maximum Gasteiger partial charge on any atom is 0.223 e. The van der Waals surface area contributed by atoms with Crippen molar-refractivity contribution < 1.29 is 4.42 Å². The van der Waals surface area contributed by atoms with Crippen molar-refractivity contribution in [1.82, 2.24) is 15.0 Å². The molecule has 0 spiro atoms. The lowest BCUT2D eigenvalue weighted by Crippen LogP contribution is -1.96. The number of fused-ring (bicyclic) bond motifs is 2. The minimum atomic E-state index is 0.709. The Bertz CT molecular complexity index is 2120. The number of hydrogen-bond acceptors (Lipinski definition) is 4. The fraction of sp³-hybridized carbons (Fsp3) is 0.0513. The van der Waals surface area contributed by atoms with Gasteiger partial charge in [0, 0.05) is 22.3 Å². The summed E-state index contributed by atoms with van der Waals surface area (Å²) in [4.78, 5) is 14.8. The molecule has 0 amide bonds. The van der Waals surface area contributed by atoms with Gasteiger partial charge in [0.25, 0.3) is 0 Å². The summed E-state index contributed by atoms with van der Waals surface area (Å²) in [7, 11) is 0. The van der Waals surface area contributed by atoms with Crippen molar-refractivity contribution in [3.05, 3.63) is 145 Å². The number of nitrogens with zero attached hydrogens (tertiary/aromatic N) is 3. The third-order valence-electron chi connectivity index (χ3n) is 8.02. The zero-order valence-corrected chi connectivity index (χ0v) is 23.4. The van der Waals surface area contributed by atoms with Gasteiger partial charge < -0.3 is 4.42 Å². The highest BCUT2D eigenvalue weighted by molar-refractivity contribution is 6.05. The summed E-state index contributed by atoms with van der Waals surface area (Å²) in [5.41, 5.74) is 9.94. The Hall–Kier alpha value is -5.61. The Balaban J connectivity index is 1.27. The molecule has 4 nitrogen and oxygen atoms in total. The molecule has 1 aliphatic rings. The van der Waals surface area contributed by atoms with E-state index in [0.29, 0.717) is 11.7 Å². The van der Waals surface area contributed by atoms with Gasteiger partial charge in [0.05, 0.1) is 11.4 Å². The lowest BCUT2D eigenvalue weighted by Gasteiger charge is -2.14. The quantitative estimate of drug-likeness (QED) is 0.213. The molecule has 1 aliphatic carbocycles. The number of rotatable bonds is 5. The topological polar surface area (TPSA) is 51.8 Å². The summed E-state index contributed by atoms with van der Waals surface area (Å²) in [6, 6.07) is 41.8.